The number of anilines is 1. The summed E-state index contributed by atoms with van der Waals surface area (Å²) in [4.78, 5) is 28.9. The van der Waals surface area contributed by atoms with Crippen molar-refractivity contribution in [3.63, 3.8) is 0 Å². The lowest BCUT2D eigenvalue weighted by Crippen LogP contribution is -2.28. The van der Waals surface area contributed by atoms with Crippen LogP contribution in [0.3, 0.4) is 0 Å². The molecule has 5 heteroatoms. The van der Waals surface area contributed by atoms with Gasteiger partial charge in [-0.1, -0.05) is 12.1 Å². The number of carbonyl (C=O) groups is 1. The second kappa shape index (κ2) is 4.91. The summed E-state index contributed by atoms with van der Waals surface area (Å²) in [5.74, 6) is 0. The van der Waals surface area contributed by atoms with Crippen molar-refractivity contribution < 1.29 is 4.79 Å². The Labute approximate surface area is 104 Å². The van der Waals surface area contributed by atoms with Crippen LogP contribution >= 0.6 is 0 Å². The maximum absolute atomic E-state index is 11.0. The van der Waals surface area contributed by atoms with Crippen LogP contribution in [0.4, 0.5) is 5.69 Å². The minimum atomic E-state index is -0.231. The van der Waals surface area contributed by atoms with Gasteiger partial charge in [0.05, 0.1) is 5.69 Å². The van der Waals surface area contributed by atoms with E-state index in [4.69, 9.17) is 0 Å². The average molecular weight is 245 g/mol. The zero-order valence-electron chi connectivity index (χ0n) is 10.3. The summed E-state index contributed by atoms with van der Waals surface area (Å²) < 4.78 is 0. The lowest BCUT2D eigenvalue weighted by Gasteiger charge is -2.21. The fraction of sp³-hybridized carbons (Fsp3) is 0.231. The van der Waals surface area contributed by atoms with E-state index in [1.54, 1.807) is 11.1 Å². The number of rotatable bonds is 4. The fourth-order valence-corrected chi connectivity index (χ4v) is 1.78. The molecule has 0 fully saturated rings. The Morgan fingerprint density at radius 2 is 1.89 bits per heavy atom. The standard InChI is InChI=1S/C13H15N3O2/c1-9(2)16(8-17)11-5-3-10(4-6-11)12-7-14-13(18)15-12/h3-9H,1-2H3,(H2,14,15,18). The van der Waals surface area contributed by atoms with Crippen molar-refractivity contribution in [2.45, 2.75) is 19.9 Å². The van der Waals surface area contributed by atoms with Crippen molar-refractivity contribution in [2.24, 2.45) is 0 Å². The van der Waals surface area contributed by atoms with Crippen LogP contribution in [0.25, 0.3) is 11.3 Å². The van der Waals surface area contributed by atoms with Gasteiger partial charge in [0.15, 0.2) is 0 Å². The Kier molecular flexibility index (Phi) is 3.32. The van der Waals surface area contributed by atoms with Crippen LogP contribution in [-0.2, 0) is 4.79 Å². The minimum Gasteiger partial charge on any atom is -0.313 e. The molecule has 0 unspecified atom stereocenters. The molecule has 1 heterocycles. The van der Waals surface area contributed by atoms with Crippen molar-refractivity contribution in [3.05, 3.63) is 40.9 Å². The molecule has 5 nitrogen and oxygen atoms in total. The first-order valence-corrected chi connectivity index (χ1v) is 5.73. The number of carbonyl (C=O) groups excluding carboxylic acids is 1. The number of aromatic amines is 2. The Bertz CT molecular complexity index is 581. The second-order valence-corrected chi connectivity index (χ2v) is 4.31. The largest absolute Gasteiger partial charge is 0.323 e. The summed E-state index contributed by atoms with van der Waals surface area (Å²) in [7, 11) is 0. The van der Waals surface area contributed by atoms with Gasteiger partial charge in [-0.2, -0.15) is 0 Å². The highest BCUT2D eigenvalue weighted by molar-refractivity contribution is 5.77. The third-order valence-electron chi connectivity index (χ3n) is 2.74. The van der Waals surface area contributed by atoms with E-state index in [0.29, 0.717) is 0 Å². The van der Waals surface area contributed by atoms with Crippen molar-refractivity contribution >= 4 is 12.1 Å². The van der Waals surface area contributed by atoms with Crippen molar-refractivity contribution in [1.29, 1.82) is 0 Å². The van der Waals surface area contributed by atoms with Crippen LogP contribution in [-0.4, -0.2) is 22.4 Å². The second-order valence-electron chi connectivity index (χ2n) is 4.31. The average Bonchev–Trinajstić information content (AvgIpc) is 2.77. The third kappa shape index (κ3) is 2.34. The molecular formula is C13H15N3O2. The molecule has 0 radical (unpaired) electrons. The minimum absolute atomic E-state index is 0.111. The van der Waals surface area contributed by atoms with Gasteiger partial charge in [0.1, 0.15) is 0 Å². The molecule has 1 aromatic heterocycles. The number of nitrogens with one attached hydrogen (secondary N) is 2. The molecule has 0 aliphatic heterocycles. The van der Waals surface area contributed by atoms with Crippen molar-refractivity contribution in [2.75, 3.05) is 4.90 Å². The van der Waals surface area contributed by atoms with Crippen molar-refractivity contribution in [3.8, 4) is 11.3 Å². The summed E-state index contributed by atoms with van der Waals surface area (Å²) in [5, 5.41) is 0. The number of benzene rings is 1. The van der Waals surface area contributed by atoms with Gasteiger partial charge in [-0.05, 0) is 31.5 Å². The smallest absolute Gasteiger partial charge is 0.313 e. The molecule has 94 valence electrons. The zero-order chi connectivity index (χ0) is 13.1. The van der Waals surface area contributed by atoms with Gasteiger partial charge >= 0.3 is 5.69 Å². The first-order valence-electron chi connectivity index (χ1n) is 5.73. The Morgan fingerprint density at radius 3 is 2.33 bits per heavy atom. The quantitative estimate of drug-likeness (QED) is 0.805. The molecule has 0 atom stereocenters. The topological polar surface area (TPSA) is 69.0 Å². The predicted octanol–water partition coefficient (Wildman–Crippen LogP) is 1.74. The predicted molar refractivity (Wildman–Crippen MR) is 70.5 cm³/mol. The summed E-state index contributed by atoms with van der Waals surface area (Å²) in [5.41, 5.74) is 2.23. The highest BCUT2D eigenvalue weighted by Gasteiger charge is 2.09. The van der Waals surface area contributed by atoms with Crippen LogP contribution in [0.2, 0.25) is 0 Å². The highest BCUT2D eigenvalue weighted by Crippen LogP contribution is 2.21. The van der Waals surface area contributed by atoms with Crippen LogP contribution in [0.15, 0.2) is 35.3 Å². The lowest BCUT2D eigenvalue weighted by molar-refractivity contribution is -0.107. The van der Waals surface area contributed by atoms with E-state index in [1.165, 1.54) is 0 Å². The Balaban J connectivity index is 2.30. The lowest BCUT2D eigenvalue weighted by atomic mass is 10.1. The first kappa shape index (κ1) is 12.2. The van der Waals surface area contributed by atoms with Crippen LogP contribution in [0, 0.1) is 0 Å². The molecule has 0 bridgehead atoms. The Hall–Kier alpha value is -2.30. The molecule has 1 aromatic carbocycles. The maximum Gasteiger partial charge on any atom is 0.323 e. The number of H-pyrrole nitrogens is 2. The zero-order valence-corrected chi connectivity index (χ0v) is 10.3. The van der Waals surface area contributed by atoms with Gasteiger partial charge < -0.3 is 14.9 Å². The molecule has 0 aliphatic rings. The molecular weight excluding hydrogens is 230 g/mol. The molecule has 2 aromatic rings. The van der Waals surface area contributed by atoms with Gasteiger partial charge in [0.2, 0.25) is 6.41 Å². The number of hydrogen-bond acceptors (Lipinski definition) is 2. The Morgan fingerprint density at radius 1 is 1.22 bits per heavy atom. The van der Waals surface area contributed by atoms with E-state index in [1.807, 2.05) is 38.1 Å². The molecule has 2 N–H and O–H groups in total. The van der Waals surface area contributed by atoms with E-state index in [0.717, 1.165) is 23.4 Å². The van der Waals surface area contributed by atoms with E-state index in [9.17, 15) is 9.59 Å². The molecule has 0 spiro atoms. The maximum atomic E-state index is 11.0. The van der Waals surface area contributed by atoms with Crippen molar-refractivity contribution in [1.82, 2.24) is 9.97 Å². The van der Waals surface area contributed by atoms with E-state index >= 15 is 0 Å². The summed E-state index contributed by atoms with van der Waals surface area (Å²) >= 11 is 0. The number of nitrogens with zero attached hydrogens (tertiary/aromatic N) is 1. The monoisotopic (exact) mass is 245 g/mol. The van der Waals surface area contributed by atoms with Gasteiger partial charge in [-0.3, -0.25) is 4.79 Å². The van der Waals surface area contributed by atoms with Gasteiger partial charge in [0.25, 0.3) is 0 Å². The summed E-state index contributed by atoms with van der Waals surface area (Å²) in [6, 6.07) is 7.56. The van der Waals surface area contributed by atoms with E-state index < -0.39 is 0 Å². The molecule has 0 saturated carbocycles. The van der Waals surface area contributed by atoms with Gasteiger partial charge in [0, 0.05) is 17.9 Å². The van der Waals surface area contributed by atoms with Gasteiger partial charge in [-0.15, -0.1) is 0 Å². The number of imidazole rings is 1. The number of hydrogen-bond donors (Lipinski definition) is 2. The molecule has 0 aliphatic carbocycles. The van der Waals surface area contributed by atoms with E-state index in [2.05, 4.69) is 9.97 Å². The van der Waals surface area contributed by atoms with Crippen LogP contribution in [0.1, 0.15) is 13.8 Å². The van der Waals surface area contributed by atoms with Gasteiger partial charge in [-0.25, -0.2) is 4.79 Å². The highest BCUT2D eigenvalue weighted by atomic mass is 16.1. The number of aromatic nitrogens is 2. The molecule has 1 amide bonds. The van der Waals surface area contributed by atoms with E-state index in [-0.39, 0.29) is 11.7 Å². The molecule has 0 saturated heterocycles. The summed E-state index contributed by atoms with van der Waals surface area (Å²) in [6.07, 6.45) is 2.44. The fourth-order valence-electron chi connectivity index (χ4n) is 1.78. The number of amides is 1. The first-order chi connectivity index (χ1) is 8.61. The van der Waals surface area contributed by atoms with Crippen LogP contribution in [0.5, 0.6) is 0 Å². The normalized spacial score (nSPS) is 10.6. The molecule has 18 heavy (non-hydrogen) atoms. The summed E-state index contributed by atoms with van der Waals surface area (Å²) in [6.45, 7) is 3.90. The van der Waals surface area contributed by atoms with Crippen LogP contribution < -0.4 is 10.6 Å². The molecule has 2 rings (SSSR count). The third-order valence-corrected chi connectivity index (χ3v) is 2.74. The SMILES string of the molecule is CC(C)N(C=O)c1ccc(-c2c[nH]c(=O)[nH]2)cc1.